The number of benzene rings is 1. The Labute approximate surface area is 125 Å². The van der Waals surface area contributed by atoms with Crippen molar-refractivity contribution in [2.45, 2.75) is 25.2 Å². The summed E-state index contributed by atoms with van der Waals surface area (Å²) < 4.78 is 26.3. The van der Waals surface area contributed by atoms with E-state index in [-0.39, 0.29) is 16.5 Å². The molecular weight excluding hydrogens is 294 g/mol. The van der Waals surface area contributed by atoms with Gasteiger partial charge in [-0.15, -0.1) is 0 Å². The Kier molecular flexibility index (Phi) is 5.68. The molecule has 0 aromatic heterocycles. The summed E-state index contributed by atoms with van der Waals surface area (Å²) in [5, 5.41) is 13.9. The molecule has 1 atom stereocenters. The molecule has 1 rings (SSSR count). The van der Waals surface area contributed by atoms with Crippen LogP contribution in [0.3, 0.4) is 0 Å². The molecule has 0 saturated carbocycles. The average Bonchev–Trinajstić information content (AvgIpc) is 2.45. The van der Waals surface area contributed by atoms with E-state index in [1.54, 1.807) is 0 Å². The predicted octanol–water partition coefficient (Wildman–Crippen LogP) is 2.30. The number of nitrogens with one attached hydrogen (secondary N) is 1. The first-order valence-electron chi connectivity index (χ1n) is 6.67. The second-order valence-electron chi connectivity index (χ2n) is 4.96. The lowest BCUT2D eigenvalue weighted by Gasteiger charge is -2.20. The third kappa shape index (κ3) is 3.70. The molecule has 1 aromatic rings. The molecule has 7 nitrogen and oxygen atoms in total. The Morgan fingerprint density at radius 1 is 1.43 bits per heavy atom. The molecule has 0 amide bonds. The van der Waals surface area contributed by atoms with Crippen LogP contribution in [0.5, 0.6) is 0 Å². The zero-order chi connectivity index (χ0) is 16.2. The molecule has 118 valence electrons. The quantitative estimate of drug-likeness (QED) is 0.615. The number of anilines is 1. The number of rotatable bonds is 7. The number of hydrogen-bond acceptors (Lipinski definition) is 5. The normalized spacial score (nSPS) is 13.2. The van der Waals surface area contributed by atoms with Crippen LogP contribution in [0, 0.1) is 16.0 Å². The third-order valence-corrected chi connectivity index (χ3v) is 5.26. The minimum Gasteiger partial charge on any atom is -0.383 e. The minimum absolute atomic E-state index is 0.177. The van der Waals surface area contributed by atoms with Crippen molar-refractivity contribution in [1.29, 1.82) is 0 Å². The third-order valence-electron chi connectivity index (χ3n) is 3.40. The van der Waals surface area contributed by atoms with Crippen molar-refractivity contribution in [3.05, 3.63) is 28.3 Å². The fraction of sp³-hybridized carbons (Fsp3) is 0.538. The van der Waals surface area contributed by atoms with Crippen molar-refractivity contribution >= 4 is 21.4 Å². The van der Waals surface area contributed by atoms with Gasteiger partial charge in [0.1, 0.15) is 5.69 Å². The number of nitrogens with zero attached hydrogens (tertiary/aromatic N) is 2. The second-order valence-corrected chi connectivity index (χ2v) is 6.97. The summed E-state index contributed by atoms with van der Waals surface area (Å²) in [4.78, 5) is 10.3. The Bertz CT molecular complexity index is 616. The number of nitro benzene ring substituents is 1. The first kappa shape index (κ1) is 17.4. The van der Waals surface area contributed by atoms with Gasteiger partial charge in [0, 0.05) is 20.6 Å². The van der Waals surface area contributed by atoms with Crippen LogP contribution in [0.4, 0.5) is 11.4 Å². The molecule has 0 heterocycles. The van der Waals surface area contributed by atoms with E-state index in [9.17, 15) is 18.5 Å². The lowest BCUT2D eigenvalue weighted by molar-refractivity contribution is -0.386. The molecule has 1 aromatic carbocycles. The number of nitro groups is 1. The fourth-order valence-electron chi connectivity index (χ4n) is 1.95. The molecule has 0 aliphatic carbocycles. The highest BCUT2D eigenvalue weighted by Crippen LogP contribution is 2.33. The van der Waals surface area contributed by atoms with Crippen LogP contribution >= 0.6 is 0 Å². The number of sulfonamides is 1. The first-order valence-corrected chi connectivity index (χ1v) is 8.11. The predicted molar refractivity (Wildman–Crippen MR) is 81.9 cm³/mol. The van der Waals surface area contributed by atoms with Gasteiger partial charge in [0.2, 0.25) is 10.0 Å². The van der Waals surface area contributed by atoms with Gasteiger partial charge in [0.05, 0.1) is 4.92 Å². The van der Waals surface area contributed by atoms with E-state index in [1.165, 1.54) is 36.6 Å². The standard InChI is InChI=1S/C13H21N3O4S/c1-5-10(2)9-15(4)21(19,20)12-8-6-7-11(14-3)13(12)16(17)18/h6-8,10,14H,5,9H2,1-4H3. The molecule has 0 spiro atoms. The molecule has 21 heavy (non-hydrogen) atoms. The Balaban J connectivity index is 3.35. The summed E-state index contributed by atoms with van der Waals surface area (Å²) in [5.74, 6) is 0.177. The van der Waals surface area contributed by atoms with Crippen molar-refractivity contribution < 1.29 is 13.3 Å². The van der Waals surface area contributed by atoms with Gasteiger partial charge in [-0.1, -0.05) is 26.3 Å². The Hall–Kier alpha value is -1.67. The maximum absolute atomic E-state index is 12.6. The van der Waals surface area contributed by atoms with Gasteiger partial charge in [-0.05, 0) is 18.1 Å². The average molecular weight is 315 g/mol. The monoisotopic (exact) mass is 315 g/mol. The number of hydrogen-bond donors (Lipinski definition) is 1. The Morgan fingerprint density at radius 3 is 2.52 bits per heavy atom. The van der Waals surface area contributed by atoms with E-state index in [0.717, 1.165) is 6.42 Å². The SMILES string of the molecule is CCC(C)CN(C)S(=O)(=O)c1cccc(NC)c1[N+](=O)[O-]. The van der Waals surface area contributed by atoms with E-state index in [1.807, 2.05) is 13.8 Å². The van der Waals surface area contributed by atoms with E-state index < -0.39 is 20.6 Å². The van der Waals surface area contributed by atoms with Crippen molar-refractivity contribution in [2.75, 3.05) is 26.0 Å². The molecule has 8 heteroatoms. The summed E-state index contributed by atoms with van der Waals surface area (Å²) in [5.41, 5.74) is -0.242. The zero-order valence-corrected chi connectivity index (χ0v) is 13.5. The fourth-order valence-corrected chi connectivity index (χ4v) is 3.42. The zero-order valence-electron chi connectivity index (χ0n) is 12.7. The highest BCUT2D eigenvalue weighted by Gasteiger charge is 2.32. The number of para-hydroxylation sites is 1. The lowest BCUT2D eigenvalue weighted by Crippen LogP contribution is -2.31. The van der Waals surface area contributed by atoms with Gasteiger partial charge >= 0.3 is 5.69 Å². The Morgan fingerprint density at radius 2 is 2.05 bits per heavy atom. The van der Waals surface area contributed by atoms with Crippen LogP contribution in [0.15, 0.2) is 23.1 Å². The van der Waals surface area contributed by atoms with E-state index in [4.69, 9.17) is 0 Å². The van der Waals surface area contributed by atoms with Gasteiger partial charge in [-0.2, -0.15) is 0 Å². The van der Waals surface area contributed by atoms with Crippen LogP contribution in [0.1, 0.15) is 20.3 Å². The topological polar surface area (TPSA) is 92.6 Å². The molecule has 0 radical (unpaired) electrons. The summed E-state index contributed by atoms with van der Waals surface area (Å²) in [6.07, 6.45) is 0.832. The van der Waals surface area contributed by atoms with Crippen LogP contribution in [-0.4, -0.2) is 38.3 Å². The van der Waals surface area contributed by atoms with E-state index >= 15 is 0 Å². The van der Waals surface area contributed by atoms with Gasteiger partial charge in [0.25, 0.3) is 0 Å². The summed E-state index contributed by atoms with van der Waals surface area (Å²) in [6, 6.07) is 4.23. The maximum atomic E-state index is 12.6. The molecule has 1 N–H and O–H groups in total. The molecule has 0 fully saturated rings. The molecule has 0 saturated heterocycles. The van der Waals surface area contributed by atoms with E-state index in [2.05, 4.69) is 5.32 Å². The van der Waals surface area contributed by atoms with Gasteiger partial charge in [-0.25, -0.2) is 12.7 Å². The molecule has 0 aliphatic rings. The van der Waals surface area contributed by atoms with Crippen molar-refractivity contribution in [2.24, 2.45) is 5.92 Å². The highest BCUT2D eigenvalue weighted by atomic mass is 32.2. The van der Waals surface area contributed by atoms with E-state index in [0.29, 0.717) is 6.54 Å². The van der Waals surface area contributed by atoms with Crippen molar-refractivity contribution in [3.63, 3.8) is 0 Å². The van der Waals surface area contributed by atoms with Crippen molar-refractivity contribution in [1.82, 2.24) is 4.31 Å². The van der Waals surface area contributed by atoms with Crippen LogP contribution in [0.2, 0.25) is 0 Å². The summed E-state index contributed by atoms with van der Waals surface area (Å²) >= 11 is 0. The van der Waals surface area contributed by atoms with Crippen LogP contribution in [0.25, 0.3) is 0 Å². The van der Waals surface area contributed by atoms with Crippen LogP contribution in [-0.2, 0) is 10.0 Å². The first-order chi connectivity index (χ1) is 9.75. The molecular formula is C13H21N3O4S. The highest BCUT2D eigenvalue weighted by molar-refractivity contribution is 7.89. The smallest absolute Gasteiger partial charge is 0.312 e. The van der Waals surface area contributed by atoms with Crippen molar-refractivity contribution in [3.8, 4) is 0 Å². The summed E-state index contributed by atoms with van der Waals surface area (Å²) in [7, 11) is -0.944. The second kappa shape index (κ2) is 6.86. The maximum Gasteiger partial charge on any atom is 0.312 e. The van der Waals surface area contributed by atoms with Gasteiger partial charge in [-0.3, -0.25) is 10.1 Å². The lowest BCUT2D eigenvalue weighted by atomic mass is 10.1. The van der Waals surface area contributed by atoms with Gasteiger partial charge in [0.15, 0.2) is 4.90 Å². The minimum atomic E-state index is -3.90. The molecule has 0 bridgehead atoms. The molecule has 0 aliphatic heterocycles. The molecule has 1 unspecified atom stereocenters. The van der Waals surface area contributed by atoms with Gasteiger partial charge < -0.3 is 5.32 Å². The summed E-state index contributed by atoms with van der Waals surface area (Å²) in [6.45, 7) is 4.22. The largest absolute Gasteiger partial charge is 0.383 e. The van der Waals surface area contributed by atoms with Crippen LogP contribution < -0.4 is 5.32 Å².